The Morgan fingerprint density at radius 2 is 1.91 bits per heavy atom. The topological polar surface area (TPSA) is 30.2 Å². The number of benzene rings is 1. The normalized spacial score (nSPS) is 11.4. The summed E-state index contributed by atoms with van der Waals surface area (Å²) in [6, 6.07) is 6.46. The van der Waals surface area contributed by atoms with Crippen LogP contribution < -0.4 is 0 Å². The Balaban J connectivity index is 1.82. The van der Waals surface area contributed by atoms with Gasteiger partial charge in [0.1, 0.15) is 10.8 Å². The molecule has 0 unspecified atom stereocenters. The molecule has 0 bridgehead atoms. The van der Waals surface area contributed by atoms with E-state index in [0.29, 0.717) is 0 Å². The molecule has 0 radical (unpaired) electrons. The van der Waals surface area contributed by atoms with Crippen molar-refractivity contribution in [1.82, 2.24) is 14.6 Å². The Kier molecular flexibility index (Phi) is 4.52. The van der Waals surface area contributed by atoms with Gasteiger partial charge in [0.25, 0.3) is 0 Å². The van der Waals surface area contributed by atoms with E-state index in [1.165, 1.54) is 37.8 Å². The largest absolute Gasteiger partial charge is 0.217 e. The van der Waals surface area contributed by atoms with Crippen molar-refractivity contribution in [3.05, 3.63) is 40.8 Å². The van der Waals surface area contributed by atoms with Gasteiger partial charge in [-0.2, -0.15) is 5.10 Å². The molecule has 0 spiro atoms. The van der Waals surface area contributed by atoms with E-state index in [9.17, 15) is 4.39 Å². The minimum Gasteiger partial charge on any atom is -0.217 e. The number of aryl methyl sites for hydroxylation is 2. The number of fused-ring (bicyclic) bond motifs is 1. The van der Waals surface area contributed by atoms with Crippen molar-refractivity contribution in [3.63, 3.8) is 0 Å². The molecule has 1 aromatic carbocycles. The van der Waals surface area contributed by atoms with Crippen LogP contribution in [0.4, 0.5) is 4.39 Å². The molecule has 3 rings (SSSR count). The lowest BCUT2D eigenvalue weighted by atomic mass is 10.1. The molecule has 0 aliphatic heterocycles. The summed E-state index contributed by atoms with van der Waals surface area (Å²) in [6.07, 6.45) is 6.02. The van der Waals surface area contributed by atoms with Crippen LogP contribution in [0, 0.1) is 12.7 Å². The molecule has 0 saturated carbocycles. The third kappa shape index (κ3) is 3.04. The van der Waals surface area contributed by atoms with E-state index in [1.807, 2.05) is 11.4 Å². The molecule has 0 saturated heterocycles. The van der Waals surface area contributed by atoms with Gasteiger partial charge in [-0.3, -0.25) is 0 Å². The highest BCUT2D eigenvalue weighted by molar-refractivity contribution is 7.16. The van der Waals surface area contributed by atoms with E-state index in [1.54, 1.807) is 23.5 Å². The summed E-state index contributed by atoms with van der Waals surface area (Å²) in [5, 5.41) is 5.82. The minimum absolute atomic E-state index is 0.227. The number of hydrogen-bond donors (Lipinski definition) is 0. The first kappa shape index (κ1) is 15.2. The molecule has 3 aromatic rings. The average molecular weight is 317 g/mol. The van der Waals surface area contributed by atoms with Crippen LogP contribution >= 0.6 is 11.3 Å². The SMILES string of the molecule is CCCCCCc1nn2c(C)c(-c3ccc(F)cc3)nc2s1. The lowest BCUT2D eigenvalue weighted by Gasteiger charge is -1.99. The Bertz CT molecular complexity index is 758. The highest BCUT2D eigenvalue weighted by Crippen LogP contribution is 2.27. The van der Waals surface area contributed by atoms with Gasteiger partial charge in [0.05, 0.1) is 11.4 Å². The lowest BCUT2D eigenvalue weighted by Crippen LogP contribution is -1.92. The number of imidazole rings is 1. The predicted molar refractivity (Wildman–Crippen MR) is 88.8 cm³/mol. The van der Waals surface area contributed by atoms with Gasteiger partial charge in [0.2, 0.25) is 4.96 Å². The first-order chi connectivity index (χ1) is 10.7. The monoisotopic (exact) mass is 317 g/mol. The summed E-state index contributed by atoms with van der Waals surface area (Å²) in [6.45, 7) is 4.23. The molecular weight excluding hydrogens is 297 g/mol. The van der Waals surface area contributed by atoms with E-state index in [0.717, 1.165) is 33.3 Å². The van der Waals surface area contributed by atoms with E-state index < -0.39 is 0 Å². The maximum Gasteiger partial charge on any atom is 0.212 e. The third-order valence-corrected chi connectivity index (χ3v) is 4.80. The van der Waals surface area contributed by atoms with Gasteiger partial charge < -0.3 is 0 Å². The van der Waals surface area contributed by atoms with Crippen LogP contribution in [0.2, 0.25) is 0 Å². The van der Waals surface area contributed by atoms with Crippen molar-refractivity contribution in [2.24, 2.45) is 0 Å². The minimum atomic E-state index is -0.227. The van der Waals surface area contributed by atoms with Crippen molar-refractivity contribution in [2.75, 3.05) is 0 Å². The molecule has 0 aliphatic carbocycles. The van der Waals surface area contributed by atoms with Crippen LogP contribution in [-0.2, 0) is 6.42 Å². The molecule has 5 heteroatoms. The van der Waals surface area contributed by atoms with Crippen LogP contribution in [0.1, 0.15) is 43.3 Å². The zero-order chi connectivity index (χ0) is 15.5. The molecule has 22 heavy (non-hydrogen) atoms. The molecule has 0 atom stereocenters. The molecule has 0 aliphatic rings. The van der Waals surface area contributed by atoms with E-state index >= 15 is 0 Å². The molecular formula is C17H20FN3S. The van der Waals surface area contributed by atoms with Crippen molar-refractivity contribution < 1.29 is 4.39 Å². The zero-order valence-electron chi connectivity index (χ0n) is 13.0. The van der Waals surface area contributed by atoms with Gasteiger partial charge in [0, 0.05) is 12.0 Å². The number of unbranched alkanes of at least 4 members (excludes halogenated alkanes) is 3. The smallest absolute Gasteiger partial charge is 0.212 e. The van der Waals surface area contributed by atoms with Crippen LogP contribution in [0.15, 0.2) is 24.3 Å². The summed E-state index contributed by atoms with van der Waals surface area (Å²) in [7, 11) is 0. The third-order valence-electron chi connectivity index (χ3n) is 3.83. The molecule has 2 heterocycles. The second-order valence-electron chi connectivity index (χ2n) is 5.55. The van der Waals surface area contributed by atoms with Crippen LogP contribution in [-0.4, -0.2) is 14.6 Å². The highest BCUT2D eigenvalue weighted by atomic mass is 32.1. The molecule has 0 N–H and O–H groups in total. The number of rotatable bonds is 6. The summed E-state index contributed by atoms with van der Waals surface area (Å²) >= 11 is 1.65. The van der Waals surface area contributed by atoms with Crippen molar-refractivity contribution in [3.8, 4) is 11.3 Å². The first-order valence-corrected chi connectivity index (χ1v) is 8.61. The Morgan fingerprint density at radius 3 is 2.59 bits per heavy atom. The highest BCUT2D eigenvalue weighted by Gasteiger charge is 2.14. The van der Waals surface area contributed by atoms with Gasteiger partial charge in [0.15, 0.2) is 0 Å². The van der Waals surface area contributed by atoms with Gasteiger partial charge in [-0.15, -0.1) is 0 Å². The maximum atomic E-state index is 13.0. The van der Waals surface area contributed by atoms with E-state index in [2.05, 4.69) is 17.0 Å². The molecule has 0 amide bonds. The van der Waals surface area contributed by atoms with Gasteiger partial charge >= 0.3 is 0 Å². The summed E-state index contributed by atoms with van der Waals surface area (Å²) in [4.78, 5) is 5.59. The van der Waals surface area contributed by atoms with Gasteiger partial charge in [-0.05, 0) is 37.6 Å². The fourth-order valence-corrected chi connectivity index (χ4v) is 3.55. The number of halogens is 1. The van der Waals surface area contributed by atoms with Crippen LogP contribution in [0.3, 0.4) is 0 Å². The maximum absolute atomic E-state index is 13.0. The van der Waals surface area contributed by atoms with Crippen LogP contribution in [0.5, 0.6) is 0 Å². The molecule has 116 valence electrons. The van der Waals surface area contributed by atoms with Gasteiger partial charge in [-0.25, -0.2) is 13.9 Å². The Labute approximate surface area is 133 Å². The number of nitrogens with zero attached hydrogens (tertiary/aromatic N) is 3. The first-order valence-electron chi connectivity index (χ1n) is 7.80. The Hall–Kier alpha value is -1.75. The molecule has 2 aromatic heterocycles. The Morgan fingerprint density at radius 1 is 1.14 bits per heavy atom. The number of hydrogen-bond acceptors (Lipinski definition) is 3. The van der Waals surface area contributed by atoms with Crippen molar-refractivity contribution in [2.45, 2.75) is 46.0 Å². The quantitative estimate of drug-likeness (QED) is 0.597. The lowest BCUT2D eigenvalue weighted by molar-refractivity contribution is 0.628. The summed E-state index contributed by atoms with van der Waals surface area (Å²) in [5.74, 6) is -0.227. The standard InChI is InChI=1S/C17H20FN3S/c1-3-4-5-6-7-15-20-21-12(2)16(19-17(21)22-15)13-8-10-14(18)11-9-13/h8-11H,3-7H2,1-2H3. The molecule has 0 fully saturated rings. The zero-order valence-corrected chi connectivity index (χ0v) is 13.8. The summed E-state index contributed by atoms with van der Waals surface area (Å²) < 4.78 is 15.0. The average Bonchev–Trinajstić information content (AvgIpc) is 3.04. The van der Waals surface area contributed by atoms with E-state index in [4.69, 9.17) is 0 Å². The predicted octanol–water partition coefficient (Wildman–Crippen LogP) is 5.03. The van der Waals surface area contributed by atoms with Gasteiger partial charge in [-0.1, -0.05) is 37.5 Å². The second-order valence-corrected chi connectivity index (χ2v) is 6.59. The fourth-order valence-electron chi connectivity index (χ4n) is 2.57. The van der Waals surface area contributed by atoms with Crippen LogP contribution in [0.25, 0.3) is 16.2 Å². The second kappa shape index (κ2) is 6.57. The van der Waals surface area contributed by atoms with Crippen molar-refractivity contribution >= 4 is 16.3 Å². The molecule has 3 nitrogen and oxygen atoms in total. The van der Waals surface area contributed by atoms with E-state index in [-0.39, 0.29) is 5.82 Å². The summed E-state index contributed by atoms with van der Waals surface area (Å²) in [5.41, 5.74) is 2.83. The fraction of sp³-hybridized carbons (Fsp3) is 0.412. The van der Waals surface area contributed by atoms with Crippen molar-refractivity contribution in [1.29, 1.82) is 0 Å². The number of aromatic nitrogens is 3.